The third kappa shape index (κ3) is 4.76. The number of hydrogen-bond donors (Lipinski definition) is 1. The molecule has 2 aromatic rings. The molecule has 0 unspecified atom stereocenters. The van der Waals surface area contributed by atoms with Gasteiger partial charge in [-0.25, -0.2) is 4.79 Å². The van der Waals surface area contributed by atoms with Crippen LogP contribution in [0.5, 0.6) is 17.2 Å². The number of nitrogens with one attached hydrogen (secondary N) is 1. The fraction of sp³-hybridized carbons (Fsp3) is 0.417. The largest absolute Gasteiger partial charge is 0.493 e. The van der Waals surface area contributed by atoms with Crippen molar-refractivity contribution in [2.45, 2.75) is 32.8 Å². The second kappa shape index (κ2) is 9.29. The maximum absolute atomic E-state index is 12.2. The third-order valence-electron chi connectivity index (χ3n) is 5.37. The highest BCUT2D eigenvalue weighted by molar-refractivity contribution is 5.94. The van der Waals surface area contributed by atoms with Gasteiger partial charge in [-0.15, -0.1) is 0 Å². The van der Waals surface area contributed by atoms with Crippen LogP contribution in [0.15, 0.2) is 30.3 Å². The monoisotopic (exact) mass is 425 g/mol. The van der Waals surface area contributed by atoms with Crippen LogP contribution in [-0.2, 0) is 16.1 Å². The Morgan fingerprint density at radius 3 is 2.68 bits per heavy atom. The van der Waals surface area contributed by atoms with Gasteiger partial charge in [0.05, 0.1) is 19.3 Å². The van der Waals surface area contributed by atoms with Crippen LogP contribution in [0, 0.1) is 5.92 Å². The van der Waals surface area contributed by atoms with Gasteiger partial charge in [-0.05, 0) is 55.0 Å². The molecule has 4 rings (SSSR count). The molecule has 1 fully saturated rings. The van der Waals surface area contributed by atoms with Gasteiger partial charge in [0.2, 0.25) is 5.75 Å². The molecule has 0 aromatic heterocycles. The Morgan fingerprint density at radius 2 is 1.94 bits per heavy atom. The van der Waals surface area contributed by atoms with Crippen LogP contribution in [0.25, 0.3) is 11.1 Å². The summed E-state index contributed by atoms with van der Waals surface area (Å²) in [6.07, 6.45) is 3.15. The summed E-state index contributed by atoms with van der Waals surface area (Å²) < 4.78 is 22.8. The molecule has 31 heavy (non-hydrogen) atoms. The molecule has 0 radical (unpaired) electrons. The summed E-state index contributed by atoms with van der Waals surface area (Å²) in [5, 5.41) is 2.82. The van der Waals surface area contributed by atoms with Crippen molar-refractivity contribution in [1.82, 2.24) is 5.32 Å². The van der Waals surface area contributed by atoms with Gasteiger partial charge in [-0.2, -0.15) is 0 Å². The third-order valence-corrected chi connectivity index (χ3v) is 5.37. The number of rotatable bonds is 10. The topological polar surface area (TPSA) is 83.1 Å². The molecular weight excluding hydrogens is 398 g/mol. The molecule has 0 saturated heterocycles. The van der Waals surface area contributed by atoms with E-state index in [1.165, 1.54) is 0 Å². The lowest BCUT2D eigenvalue weighted by molar-refractivity contribution is -0.123. The van der Waals surface area contributed by atoms with Crippen LogP contribution in [0.3, 0.4) is 0 Å². The normalized spacial score (nSPS) is 14.6. The lowest BCUT2D eigenvalue weighted by Crippen LogP contribution is -2.29. The molecule has 2 aromatic carbocycles. The average molecular weight is 425 g/mol. The number of cyclic esters (lactones) is 1. The Balaban J connectivity index is 1.69. The molecule has 1 amide bonds. The van der Waals surface area contributed by atoms with Crippen LogP contribution >= 0.6 is 0 Å². The zero-order chi connectivity index (χ0) is 21.8. The lowest BCUT2D eigenvalue weighted by atomic mass is 9.99. The highest BCUT2D eigenvalue weighted by Crippen LogP contribution is 2.46. The molecule has 0 spiro atoms. The van der Waals surface area contributed by atoms with Crippen LogP contribution in [0.2, 0.25) is 0 Å². The number of fused-ring (bicyclic) bond motifs is 1. The van der Waals surface area contributed by atoms with Gasteiger partial charge in [0.1, 0.15) is 6.61 Å². The SMILES string of the molecule is CCCNC(=O)COc1c(-c2ccc3c(c2)COC3=O)ccc(OC)c1OCC1CC1. The molecule has 1 heterocycles. The van der Waals surface area contributed by atoms with Crippen molar-refractivity contribution in [2.75, 3.05) is 26.9 Å². The Kier molecular flexibility index (Phi) is 6.30. The van der Waals surface area contributed by atoms with Crippen molar-refractivity contribution in [3.05, 3.63) is 41.5 Å². The average Bonchev–Trinajstić information content (AvgIpc) is 3.55. The second-order valence-electron chi connectivity index (χ2n) is 7.81. The number of methoxy groups -OCH3 is 1. The van der Waals surface area contributed by atoms with E-state index in [0.717, 1.165) is 36.0 Å². The minimum Gasteiger partial charge on any atom is -0.493 e. The number of esters is 1. The first kappa shape index (κ1) is 21.0. The molecule has 7 heteroatoms. The fourth-order valence-electron chi connectivity index (χ4n) is 3.45. The fourth-order valence-corrected chi connectivity index (χ4v) is 3.45. The Labute approximate surface area is 181 Å². The zero-order valence-electron chi connectivity index (χ0n) is 17.9. The van der Waals surface area contributed by atoms with Crippen molar-refractivity contribution < 1.29 is 28.5 Å². The minimum atomic E-state index is -0.311. The standard InChI is InChI=1S/C24H27NO6/c1-3-10-25-21(26)14-30-22-18(16-6-7-19-17(11-16)13-31-24(19)27)8-9-20(28-2)23(22)29-12-15-4-5-15/h6-9,11,15H,3-5,10,12-14H2,1-2H3,(H,25,26). The molecule has 1 aliphatic carbocycles. The summed E-state index contributed by atoms with van der Waals surface area (Å²) in [6.45, 7) is 3.28. The molecule has 1 N–H and O–H groups in total. The first-order chi connectivity index (χ1) is 15.1. The second-order valence-corrected chi connectivity index (χ2v) is 7.81. The molecule has 164 valence electrons. The zero-order valence-corrected chi connectivity index (χ0v) is 17.9. The molecule has 2 aliphatic rings. The number of benzene rings is 2. The molecule has 0 bridgehead atoms. The molecule has 1 aliphatic heterocycles. The van der Waals surface area contributed by atoms with E-state index >= 15 is 0 Å². The summed E-state index contributed by atoms with van der Waals surface area (Å²) in [7, 11) is 1.58. The summed E-state index contributed by atoms with van der Waals surface area (Å²) in [5.41, 5.74) is 3.01. The molecule has 7 nitrogen and oxygen atoms in total. The highest BCUT2D eigenvalue weighted by Gasteiger charge is 2.27. The minimum absolute atomic E-state index is 0.132. The maximum Gasteiger partial charge on any atom is 0.338 e. The maximum atomic E-state index is 12.2. The van der Waals surface area contributed by atoms with E-state index in [4.69, 9.17) is 18.9 Å². The van der Waals surface area contributed by atoms with E-state index in [1.54, 1.807) is 13.2 Å². The first-order valence-electron chi connectivity index (χ1n) is 10.6. The van der Waals surface area contributed by atoms with E-state index in [2.05, 4.69) is 5.32 Å². The van der Waals surface area contributed by atoms with Gasteiger partial charge >= 0.3 is 5.97 Å². The van der Waals surface area contributed by atoms with E-state index in [0.29, 0.717) is 41.9 Å². The van der Waals surface area contributed by atoms with Crippen molar-refractivity contribution in [1.29, 1.82) is 0 Å². The van der Waals surface area contributed by atoms with Crippen LogP contribution in [-0.4, -0.2) is 38.7 Å². The number of hydrogen-bond acceptors (Lipinski definition) is 6. The van der Waals surface area contributed by atoms with Crippen LogP contribution in [0.4, 0.5) is 0 Å². The molecule has 0 atom stereocenters. The predicted molar refractivity (Wildman–Crippen MR) is 115 cm³/mol. The van der Waals surface area contributed by atoms with E-state index in [-0.39, 0.29) is 25.1 Å². The quantitative estimate of drug-likeness (QED) is 0.584. The number of carbonyl (C=O) groups is 2. The predicted octanol–water partition coefficient (Wildman–Crippen LogP) is 3.73. The molecule has 1 saturated carbocycles. The van der Waals surface area contributed by atoms with Crippen molar-refractivity contribution in [3.8, 4) is 28.4 Å². The van der Waals surface area contributed by atoms with Gasteiger partial charge in [-0.1, -0.05) is 13.0 Å². The summed E-state index contributed by atoms with van der Waals surface area (Å²) in [4.78, 5) is 24.0. The van der Waals surface area contributed by atoms with Gasteiger partial charge in [0.15, 0.2) is 18.1 Å². The number of carbonyl (C=O) groups excluding carboxylic acids is 2. The van der Waals surface area contributed by atoms with E-state index in [9.17, 15) is 9.59 Å². The van der Waals surface area contributed by atoms with E-state index < -0.39 is 0 Å². The smallest absolute Gasteiger partial charge is 0.338 e. The Bertz CT molecular complexity index is 982. The van der Waals surface area contributed by atoms with E-state index in [1.807, 2.05) is 31.2 Å². The highest BCUT2D eigenvalue weighted by atomic mass is 16.5. The number of ether oxygens (including phenoxy) is 4. The molecular formula is C24H27NO6. The van der Waals surface area contributed by atoms with Crippen molar-refractivity contribution in [2.24, 2.45) is 5.92 Å². The van der Waals surface area contributed by atoms with Crippen molar-refractivity contribution in [3.63, 3.8) is 0 Å². The lowest BCUT2D eigenvalue weighted by Gasteiger charge is -2.19. The van der Waals surface area contributed by atoms with Crippen molar-refractivity contribution >= 4 is 11.9 Å². The van der Waals surface area contributed by atoms with Gasteiger partial charge in [0, 0.05) is 17.7 Å². The van der Waals surface area contributed by atoms with Crippen LogP contribution in [0.1, 0.15) is 42.1 Å². The number of amides is 1. The van der Waals surface area contributed by atoms with Gasteiger partial charge in [0.25, 0.3) is 5.91 Å². The summed E-state index contributed by atoms with van der Waals surface area (Å²) in [5.74, 6) is 1.52. The van der Waals surface area contributed by atoms with Crippen LogP contribution < -0.4 is 19.5 Å². The first-order valence-corrected chi connectivity index (χ1v) is 10.6. The van der Waals surface area contributed by atoms with Gasteiger partial charge in [-0.3, -0.25) is 4.79 Å². The Morgan fingerprint density at radius 1 is 1.13 bits per heavy atom. The summed E-state index contributed by atoms with van der Waals surface area (Å²) in [6, 6.07) is 9.23. The van der Waals surface area contributed by atoms with Gasteiger partial charge < -0.3 is 24.3 Å². The Hall–Kier alpha value is -3.22. The summed E-state index contributed by atoms with van der Waals surface area (Å²) >= 11 is 0.